The van der Waals surface area contributed by atoms with E-state index in [2.05, 4.69) is 47.5 Å². The smallest absolute Gasteiger partial charge is 0.184 e. The van der Waals surface area contributed by atoms with Crippen molar-refractivity contribution in [1.29, 1.82) is 0 Å². The Morgan fingerprint density at radius 2 is 1.72 bits per heavy atom. The highest BCUT2D eigenvalue weighted by Gasteiger charge is 2.40. The lowest BCUT2D eigenvalue weighted by Gasteiger charge is -2.43. The Bertz CT molecular complexity index is 775. The average Bonchev–Trinajstić information content (AvgIpc) is 3.12. The Balaban J connectivity index is 0.00000150. The molecule has 2 aromatic carbocycles. The first-order valence-corrected chi connectivity index (χ1v) is 9.61. The van der Waals surface area contributed by atoms with Crippen molar-refractivity contribution >= 4 is 30.5 Å². The van der Waals surface area contributed by atoms with Gasteiger partial charge in [-0.25, -0.2) is 0 Å². The molecule has 4 rings (SSSR count). The maximum Gasteiger partial charge on any atom is 0.184 e. The molecule has 160 valence electrons. The summed E-state index contributed by atoms with van der Waals surface area (Å²) in [5.74, 6) is 1.19. The van der Waals surface area contributed by atoms with E-state index in [0.717, 1.165) is 30.9 Å². The fraction of sp³-hybridized carbons (Fsp3) is 0.455. The van der Waals surface area contributed by atoms with Gasteiger partial charge in [-0.2, -0.15) is 0 Å². The number of ether oxygens (including phenoxy) is 3. The van der Waals surface area contributed by atoms with E-state index in [1.807, 2.05) is 18.2 Å². The first-order valence-electron chi connectivity index (χ1n) is 9.61. The number of anilines is 1. The summed E-state index contributed by atoms with van der Waals surface area (Å²) in [6.07, 6.45) is -0.253. The zero-order valence-electron chi connectivity index (χ0n) is 17.0. The Morgan fingerprint density at radius 1 is 1.03 bits per heavy atom. The third-order valence-corrected chi connectivity index (χ3v) is 5.81. The van der Waals surface area contributed by atoms with Crippen LogP contribution in [0.1, 0.15) is 30.4 Å². The second kappa shape index (κ2) is 10.5. The van der Waals surface area contributed by atoms with E-state index in [4.69, 9.17) is 14.2 Å². The largest absolute Gasteiger partial charge is 0.497 e. The summed E-state index contributed by atoms with van der Waals surface area (Å²) in [7, 11) is 3.41. The Kier molecular flexibility index (Phi) is 8.61. The highest BCUT2D eigenvalue weighted by molar-refractivity contribution is 5.85. The van der Waals surface area contributed by atoms with Gasteiger partial charge in [0.25, 0.3) is 0 Å². The molecule has 4 atom stereocenters. The van der Waals surface area contributed by atoms with Crippen LogP contribution >= 0.6 is 24.8 Å². The van der Waals surface area contributed by atoms with Crippen LogP contribution in [0.25, 0.3) is 0 Å². The number of rotatable bonds is 5. The number of piperazine rings is 1. The van der Waals surface area contributed by atoms with Crippen molar-refractivity contribution in [2.24, 2.45) is 5.92 Å². The SMILES string of the molecule is COc1ccc(N2CCNCC2C(C)C2OC(OC)c3ccccc32)cc1.Cl.Cl. The predicted molar refractivity (Wildman–Crippen MR) is 121 cm³/mol. The summed E-state index contributed by atoms with van der Waals surface area (Å²) in [4.78, 5) is 2.49. The minimum Gasteiger partial charge on any atom is -0.497 e. The van der Waals surface area contributed by atoms with Crippen molar-refractivity contribution < 1.29 is 14.2 Å². The molecule has 1 fully saturated rings. The Labute approximate surface area is 185 Å². The Morgan fingerprint density at radius 3 is 2.38 bits per heavy atom. The molecule has 2 aliphatic rings. The van der Waals surface area contributed by atoms with E-state index in [1.165, 1.54) is 11.3 Å². The van der Waals surface area contributed by atoms with Crippen LogP contribution in [0, 0.1) is 5.92 Å². The van der Waals surface area contributed by atoms with Gasteiger partial charge in [-0.3, -0.25) is 0 Å². The van der Waals surface area contributed by atoms with Crippen LogP contribution in [0.15, 0.2) is 48.5 Å². The monoisotopic (exact) mass is 440 g/mol. The van der Waals surface area contributed by atoms with Gasteiger partial charge in [-0.15, -0.1) is 24.8 Å². The van der Waals surface area contributed by atoms with Gasteiger partial charge in [0.2, 0.25) is 0 Å². The van der Waals surface area contributed by atoms with Crippen LogP contribution in [0.5, 0.6) is 5.75 Å². The van der Waals surface area contributed by atoms with Crippen LogP contribution in [0.3, 0.4) is 0 Å². The summed E-state index contributed by atoms with van der Waals surface area (Å²) >= 11 is 0. The molecule has 1 saturated heterocycles. The zero-order chi connectivity index (χ0) is 18.8. The zero-order valence-corrected chi connectivity index (χ0v) is 18.7. The molecule has 0 bridgehead atoms. The van der Waals surface area contributed by atoms with Crippen LogP contribution < -0.4 is 15.0 Å². The van der Waals surface area contributed by atoms with Gasteiger partial charge in [0, 0.05) is 50.0 Å². The quantitative estimate of drug-likeness (QED) is 0.747. The molecule has 29 heavy (non-hydrogen) atoms. The molecule has 0 aromatic heterocycles. The molecule has 1 N–H and O–H groups in total. The topological polar surface area (TPSA) is 43.0 Å². The molecule has 4 unspecified atom stereocenters. The molecule has 0 spiro atoms. The molecule has 2 aromatic rings. The summed E-state index contributed by atoms with van der Waals surface area (Å²) in [6.45, 7) is 5.18. The number of nitrogens with zero attached hydrogens (tertiary/aromatic N) is 1. The van der Waals surface area contributed by atoms with Gasteiger partial charge >= 0.3 is 0 Å². The third kappa shape index (κ3) is 4.65. The van der Waals surface area contributed by atoms with Gasteiger partial charge in [0.15, 0.2) is 6.29 Å². The van der Waals surface area contributed by atoms with Crippen molar-refractivity contribution in [2.45, 2.75) is 25.4 Å². The molecule has 2 heterocycles. The molecule has 7 heteroatoms. The summed E-state index contributed by atoms with van der Waals surface area (Å²) in [5.41, 5.74) is 3.62. The summed E-state index contributed by atoms with van der Waals surface area (Å²) < 4.78 is 17.2. The van der Waals surface area contributed by atoms with Crippen LogP contribution in [-0.2, 0) is 9.47 Å². The van der Waals surface area contributed by atoms with E-state index in [0.29, 0.717) is 12.0 Å². The highest BCUT2D eigenvalue weighted by atomic mass is 35.5. The molecule has 0 amide bonds. The standard InChI is InChI=1S/C22H28N2O3.2ClH/c1-15(21-18-6-4-5-7-19(18)22(26-3)27-21)20-14-23-12-13-24(20)16-8-10-17(25-2)11-9-16;;/h4-11,15,20-23H,12-14H2,1-3H3;2*1H. The number of hydrogen-bond acceptors (Lipinski definition) is 5. The summed E-state index contributed by atoms with van der Waals surface area (Å²) in [6, 6.07) is 17.1. The number of hydrogen-bond donors (Lipinski definition) is 1. The number of methoxy groups -OCH3 is 2. The van der Waals surface area contributed by atoms with Crippen LogP contribution in [0.4, 0.5) is 5.69 Å². The fourth-order valence-electron chi connectivity index (χ4n) is 4.35. The minimum atomic E-state index is -0.278. The lowest BCUT2D eigenvalue weighted by molar-refractivity contribution is -0.156. The summed E-state index contributed by atoms with van der Waals surface area (Å²) in [5, 5.41) is 3.56. The van der Waals surface area contributed by atoms with Crippen molar-refractivity contribution in [3.05, 3.63) is 59.7 Å². The lowest BCUT2D eigenvalue weighted by atomic mass is 9.88. The number of fused-ring (bicyclic) bond motifs is 1. The van der Waals surface area contributed by atoms with E-state index in [-0.39, 0.29) is 37.2 Å². The van der Waals surface area contributed by atoms with Gasteiger partial charge in [-0.05, 0) is 29.8 Å². The molecule has 0 radical (unpaired) electrons. The minimum absolute atomic E-state index is 0. The van der Waals surface area contributed by atoms with Gasteiger partial charge < -0.3 is 24.4 Å². The third-order valence-electron chi connectivity index (χ3n) is 5.81. The van der Waals surface area contributed by atoms with Gasteiger partial charge in [0.1, 0.15) is 5.75 Å². The average molecular weight is 441 g/mol. The van der Waals surface area contributed by atoms with E-state index < -0.39 is 0 Å². The van der Waals surface area contributed by atoms with Gasteiger partial charge in [0.05, 0.1) is 13.2 Å². The molecular weight excluding hydrogens is 411 g/mol. The number of benzene rings is 2. The van der Waals surface area contributed by atoms with Crippen LogP contribution in [-0.4, -0.2) is 39.9 Å². The Hall–Kier alpha value is -1.50. The van der Waals surface area contributed by atoms with Crippen molar-refractivity contribution in [1.82, 2.24) is 5.32 Å². The maximum absolute atomic E-state index is 6.32. The molecule has 0 aliphatic carbocycles. The predicted octanol–water partition coefficient (Wildman–Crippen LogP) is 4.37. The van der Waals surface area contributed by atoms with Crippen molar-refractivity contribution in [3.63, 3.8) is 0 Å². The number of halogens is 2. The fourth-order valence-corrected chi connectivity index (χ4v) is 4.35. The molecule has 0 saturated carbocycles. The molecule has 5 nitrogen and oxygen atoms in total. The molecule has 2 aliphatic heterocycles. The first-order chi connectivity index (χ1) is 13.2. The van der Waals surface area contributed by atoms with E-state index in [9.17, 15) is 0 Å². The van der Waals surface area contributed by atoms with Crippen LogP contribution in [0.2, 0.25) is 0 Å². The normalized spacial score (nSPS) is 24.1. The maximum atomic E-state index is 6.32. The highest BCUT2D eigenvalue weighted by Crippen LogP contribution is 2.45. The van der Waals surface area contributed by atoms with E-state index >= 15 is 0 Å². The van der Waals surface area contributed by atoms with E-state index in [1.54, 1.807) is 14.2 Å². The first kappa shape index (κ1) is 23.8. The lowest BCUT2D eigenvalue weighted by Crippen LogP contribution is -2.55. The van der Waals surface area contributed by atoms with Crippen molar-refractivity contribution in [2.75, 3.05) is 38.8 Å². The van der Waals surface area contributed by atoms with Gasteiger partial charge in [-0.1, -0.05) is 31.2 Å². The second-order valence-corrected chi connectivity index (χ2v) is 7.28. The molecular formula is C22H30Cl2N2O3. The van der Waals surface area contributed by atoms with Crippen molar-refractivity contribution in [3.8, 4) is 5.75 Å². The number of nitrogens with one attached hydrogen (secondary N) is 1. The second-order valence-electron chi connectivity index (χ2n) is 7.28.